The molecular weight excluding hydrogens is 270 g/mol. The summed E-state index contributed by atoms with van der Waals surface area (Å²) in [5, 5.41) is 2.29. The molecule has 1 N–H and O–H groups in total. The third kappa shape index (κ3) is 2.51. The molecule has 0 unspecified atom stereocenters. The fraction of sp³-hybridized carbons (Fsp3) is 0. The summed E-state index contributed by atoms with van der Waals surface area (Å²) < 4.78 is 24.2. The fourth-order valence-electron chi connectivity index (χ4n) is 2.04. The van der Waals surface area contributed by atoms with Gasteiger partial charge in [-0.2, -0.15) is 0 Å². The summed E-state index contributed by atoms with van der Waals surface area (Å²) >= 11 is 0. The molecule has 3 nitrogen and oxygen atoms in total. The van der Waals surface area contributed by atoms with Crippen molar-refractivity contribution in [2.45, 2.75) is 4.90 Å². The maximum atomic E-state index is 12.1. The van der Waals surface area contributed by atoms with Gasteiger partial charge in [0.1, 0.15) is 0 Å². The van der Waals surface area contributed by atoms with E-state index in [1.165, 1.54) is 5.41 Å². The van der Waals surface area contributed by atoms with Gasteiger partial charge in [-0.25, -0.2) is 8.42 Å². The van der Waals surface area contributed by atoms with E-state index in [1.54, 1.807) is 36.4 Å². The highest BCUT2D eigenvalue weighted by atomic mass is 32.2. The highest BCUT2D eigenvalue weighted by molar-refractivity contribution is 7.94. The predicted octanol–water partition coefficient (Wildman–Crippen LogP) is 3.61. The first kappa shape index (κ1) is 12.7. The molecule has 3 rings (SSSR count). The van der Waals surface area contributed by atoms with Crippen LogP contribution in [0.3, 0.4) is 0 Å². The van der Waals surface area contributed by atoms with Gasteiger partial charge in [-0.3, -0.25) is 0 Å². The molecule has 2 aromatic carbocycles. The molecule has 0 saturated heterocycles. The van der Waals surface area contributed by atoms with Crippen LogP contribution in [0.1, 0.15) is 5.69 Å². The lowest BCUT2D eigenvalue weighted by Gasteiger charge is -1.97. The van der Waals surface area contributed by atoms with Crippen LogP contribution >= 0.6 is 0 Å². The van der Waals surface area contributed by atoms with Crippen LogP contribution in [0.2, 0.25) is 0 Å². The smallest absolute Gasteiger partial charge is 0.199 e. The number of hydrogen-bond acceptors (Lipinski definition) is 2. The summed E-state index contributed by atoms with van der Waals surface area (Å²) in [6, 6.07) is 18.1. The number of sulfone groups is 1. The van der Waals surface area contributed by atoms with Gasteiger partial charge in [-0.05, 0) is 35.7 Å². The Balaban J connectivity index is 1.94. The Hall–Kier alpha value is -2.33. The maximum absolute atomic E-state index is 12.1. The largest absolute Gasteiger partial charge is 0.355 e. The van der Waals surface area contributed by atoms with Gasteiger partial charge in [-0.15, -0.1) is 0 Å². The van der Waals surface area contributed by atoms with Gasteiger partial charge in [-0.1, -0.05) is 36.4 Å². The van der Waals surface area contributed by atoms with E-state index in [4.69, 9.17) is 0 Å². The Bertz CT molecular complexity index is 829. The standard InChI is InChI=1S/C16H13NO2S/c18-20(19,15-7-2-1-3-8-15)11-10-14-12-13-6-4-5-9-16(13)17-14/h1-12,17H/b11-10+. The van der Waals surface area contributed by atoms with Crippen molar-refractivity contribution >= 4 is 26.8 Å². The summed E-state index contributed by atoms with van der Waals surface area (Å²) in [7, 11) is -3.40. The zero-order valence-corrected chi connectivity index (χ0v) is 11.5. The number of hydrogen-bond donors (Lipinski definition) is 1. The van der Waals surface area contributed by atoms with Gasteiger partial charge in [0.25, 0.3) is 0 Å². The number of H-pyrrole nitrogens is 1. The van der Waals surface area contributed by atoms with E-state index in [9.17, 15) is 8.42 Å². The molecule has 0 aliphatic rings. The van der Waals surface area contributed by atoms with Crippen LogP contribution in [0, 0.1) is 0 Å². The summed E-state index contributed by atoms with van der Waals surface area (Å²) in [4.78, 5) is 3.47. The molecular formula is C16H13NO2S. The average Bonchev–Trinajstić information content (AvgIpc) is 2.89. The van der Waals surface area contributed by atoms with Crippen molar-refractivity contribution in [3.63, 3.8) is 0 Å². The van der Waals surface area contributed by atoms with Crippen LogP contribution in [0.25, 0.3) is 17.0 Å². The molecule has 1 aromatic heterocycles. The van der Waals surface area contributed by atoms with E-state index in [-0.39, 0.29) is 0 Å². The lowest BCUT2D eigenvalue weighted by atomic mass is 10.2. The Kier molecular flexibility index (Phi) is 3.16. The quantitative estimate of drug-likeness (QED) is 0.798. The third-order valence-electron chi connectivity index (χ3n) is 3.05. The molecule has 0 atom stereocenters. The van der Waals surface area contributed by atoms with Crippen LogP contribution < -0.4 is 0 Å². The number of aromatic nitrogens is 1. The van der Waals surface area contributed by atoms with Crippen LogP contribution in [0.5, 0.6) is 0 Å². The van der Waals surface area contributed by atoms with Crippen molar-refractivity contribution in [3.05, 3.63) is 71.8 Å². The topological polar surface area (TPSA) is 49.9 Å². The normalized spacial score (nSPS) is 12.2. The first-order valence-corrected chi connectivity index (χ1v) is 7.76. The summed E-state index contributed by atoms with van der Waals surface area (Å²) in [5.74, 6) is 0. The van der Waals surface area contributed by atoms with Crippen molar-refractivity contribution in [2.75, 3.05) is 0 Å². The molecule has 0 aliphatic carbocycles. The van der Waals surface area contributed by atoms with E-state index in [1.807, 2.05) is 30.3 Å². The lowest BCUT2D eigenvalue weighted by Crippen LogP contribution is -1.95. The Labute approximate surface area is 117 Å². The first-order chi connectivity index (χ1) is 9.65. The highest BCUT2D eigenvalue weighted by Gasteiger charge is 2.09. The zero-order valence-electron chi connectivity index (χ0n) is 10.7. The molecule has 0 aliphatic heterocycles. The summed E-state index contributed by atoms with van der Waals surface area (Å²) in [6.07, 6.45) is 1.59. The van der Waals surface area contributed by atoms with E-state index < -0.39 is 9.84 Å². The first-order valence-electron chi connectivity index (χ1n) is 6.21. The average molecular weight is 283 g/mol. The van der Waals surface area contributed by atoms with Crippen molar-refractivity contribution < 1.29 is 8.42 Å². The second kappa shape index (κ2) is 4.98. The van der Waals surface area contributed by atoms with Crippen molar-refractivity contribution in [1.82, 2.24) is 4.98 Å². The summed E-state index contributed by atoms with van der Waals surface area (Å²) in [5.41, 5.74) is 1.76. The molecule has 4 heteroatoms. The van der Waals surface area contributed by atoms with Crippen LogP contribution in [-0.4, -0.2) is 13.4 Å². The molecule has 20 heavy (non-hydrogen) atoms. The van der Waals surface area contributed by atoms with Crippen molar-refractivity contribution in [2.24, 2.45) is 0 Å². The van der Waals surface area contributed by atoms with Gasteiger partial charge in [0.05, 0.1) is 4.90 Å². The Morgan fingerprint density at radius 2 is 1.60 bits per heavy atom. The number of rotatable bonds is 3. The monoisotopic (exact) mass is 283 g/mol. The van der Waals surface area contributed by atoms with Gasteiger partial charge < -0.3 is 4.98 Å². The van der Waals surface area contributed by atoms with Gasteiger partial charge in [0.2, 0.25) is 0 Å². The van der Waals surface area contributed by atoms with Crippen molar-refractivity contribution in [3.8, 4) is 0 Å². The predicted molar refractivity (Wildman–Crippen MR) is 81.0 cm³/mol. The minimum absolute atomic E-state index is 0.298. The molecule has 0 bridgehead atoms. The van der Waals surface area contributed by atoms with Crippen molar-refractivity contribution in [1.29, 1.82) is 0 Å². The number of para-hydroxylation sites is 1. The number of benzene rings is 2. The van der Waals surface area contributed by atoms with Crippen LogP contribution in [-0.2, 0) is 9.84 Å². The maximum Gasteiger partial charge on any atom is 0.199 e. The van der Waals surface area contributed by atoms with Crippen LogP contribution in [0.15, 0.2) is 71.0 Å². The van der Waals surface area contributed by atoms with E-state index >= 15 is 0 Å². The number of nitrogens with one attached hydrogen (secondary N) is 1. The molecule has 100 valence electrons. The van der Waals surface area contributed by atoms with Gasteiger partial charge in [0, 0.05) is 16.6 Å². The minimum Gasteiger partial charge on any atom is -0.355 e. The molecule has 0 radical (unpaired) electrons. The number of aromatic amines is 1. The fourth-order valence-corrected chi connectivity index (χ4v) is 3.06. The van der Waals surface area contributed by atoms with E-state index in [0.717, 1.165) is 16.6 Å². The van der Waals surface area contributed by atoms with E-state index in [2.05, 4.69) is 4.98 Å². The second-order valence-electron chi connectivity index (χ2n) is 4.47. The lowest BCUT2D eigenvalue weighted by molar-refractivity contribution is 0.605. The second-order valence-corrected chi connectivity index (χ2v) is 6.31. The third-order valence-corrected chi connectivity index (χ3v) is 4.47. The van der Waals surface area contributed by atoms with Gasteiger partial charge >= 0.3 is 0 Å². The minimum atomic E-state index is -3.40. The molecule has 0 spiro atoms. The molecule has 0 fully saturated rings. The van der Waals surface area contributed by atoms with Crippen LogP contribution in [0.4, 0.5) is 0 Å². The molecule has 3 aromatic rings. The Morgan fingerprint density at radius 3 is 2.35 bits per heavy atom. The Morgan fingerprint density at radius 1 is 0.900 bits per heavy atom. The zero-order chi connectivity index (χ0) is 14.0. The van der Waals surface area contributed by atoms with Gasteiger partial charge in [0.15, 0.2) is 9.84 Å². The summed E-state index contributed by atoms with van der Waals surface area (Å²) in [6.45, 7) is 0. The molecule has 0 amide bonds. The molecule has 0 saturated carbocycles. The molecule has 1 heterocycles. The van der Waals surface area contributed by atoms with E-state index in [0.29, 0.717) is 4.90 Å². The highest BCUT2D eigenvalue weighted by Crippen LogP contribution is 2.17. The number of fused-ring (bicyclic) bond motifs is 1. The SMILES string of the molecule is O=S(=O)(/C=C/c1cc2ccccc2[nH]1)c1ccccc1.